The predicted octanol–water partition coefficient (Wildman–Crippen LogP) is 4.04. The van der Waals surface area contributed by atoms with E-state index in [0.29, 0.717) is 5.41 Å². The Morgan fingerprint density at radius 3 is 2.73 bits per heavy atom. The van der Waals surface area contributed by atoms with E-state index in [-0.39, 0.29) is 0 Å². The summed E-state index contributed by atoms with van der Waals surface area (Å²) >= 11 is 9.70. The van der Waals surface area contributed by atoms with Crippen molar-refractivity contribution in [1.29, 1.82) is 0 Å². The van der Waals surface area contributed by atoms with Gasteiger partial charge in [0.15, 0.2) is 0 Å². The highest BCUT2D eigenvalue weighted by Gasteiger charge is 2.35. The normalized spacial score (nSPS) is 18.5. The van der Waals surface area contributed by atoms with Crippen LogP contribution >= 0.6 is 40.3 Å². The summed E-state index contributed by atoms with van der Waals surface area (Å²) < 4.78 is 1.04. The number of hydrogen-bond donors (Lipinski definition) is 1. The molecule has 0 saturated heterocycles. The minimum Gasteiger partial charge on any atom is -0.249 e. The molecule has 15 heavy (non-hydrogen) atoms. The summed E-state index contributed by atoms with van der Waals surface area (Å²) in [6.07, 6.45) is 5.89. The van der Waals surface area contributed by atoms with E-state index in [1.165, 1.54) is 19.3 Å². The highest BCUT2D eigenvalue weighted by atomic mass is 79.9. The molecule has 1 aromatic rings. The summed E-state index contributed by atoms with van der Waals surface area (Å²) in [5, 5.41) is 1.12. The first-order chi connectivity index (χ1) is 7.24. The van der Waals surface area contributed by atoms with E-state index < -0.39 is 0 Å². The fourth-order valence-corrected chi connectivity index (χ4v) is 3.65. The Labute approximate surface area is 109 Å². The van der Waals surface area contributed by atoms with Gasteiger partial charge in [-0.1, -0.05) is 6.42 Å². The van der Waals surface area contributed by atoms with E-state index in [2.05, 4.69) is 39.6 Å². The third kappa shape index (κ3) is 2.92. The van der Waals surface area contributed by atoms with Crippen LogP contribution in [-0.4, -0.2) is 16.5 Å². The standard InChI is InChI=1S/C11H14BrNS2/c12-9-2-3-10(13-6-9)15-8-11(7-14)4-1-5-11/h2-3,6,14H,1,4-5,7-8H2. The smallest absolute Gasteiger partial charge is 0.0960 e. The molecule has 0 aliphatic heterocycles. The van der Waals surface area contributed by atoms with Crippen molar-refractivity contribution in [2.75, 3.05) is 11.5 Å². The number of thiol groups is 1. The van der Waals surface area contributed by atoms with Gasteiger partial charge in [-0.15, -0.1) is 11.8 Å². The Morgan fingerprint density at radius 1 is 1.47 bits per heavy atom. The molecule has 4 heteroatoms. The van der Waals surface area contributed by atoms with Gasteiger partial charge < -0.3 is 0 Å². The molecular formula is C11H14BrNS2. The first-order valence-corrected chi connectivity index (χ1v) is 7.50. The average Bonchev–Trinajstić information content (AvgIpc) is 2.20. The predicted molar refractivity (Wildman–Crippen MR) is 72.8 cm³/mol. The van der Waals surface area contributed by atoms with Gasteiger partial charge in [-0.2, -0.15) is 12.6 Å². The Kier molecular flexibility index (Phi) is 4.02. The molecule has 0 amide bonds. The average molecular weight is 304 g/mol. The minimum atomic E-state index is 0.489. The van der Waals surface area contributed by atoms with Gasteiger partial charge in [-0.3, -0.25) is 0 Å². The maximum Gasteiger partial charge on any atom is 0.0960 e. The molecule has 0 unspecified atom stereocenters. The van der Waals surface area contributed by atoms with Crippen LogP contribution in [0.3, 0.4) is 0 Å². The van der Waals surface area contributed by atoms with Crippen LogP contribution in [0.4, 0.5) is 0 Å². The van der Waals surface area contributed by atoms with Crippen molar-refractivity contribution in [1.82, 2.24) is 4.98 Å². The van der Waals surface area contributed by atoms with Crippen LogP contribution < -0.4 is 0 Å². The van der Waals surface area contributed by atoms with Gasteiger partial charge in [-0.25, -0.2) is 4.98 Å². The Hall–Kier alpha value is 0.330. The second-order valence-corrected chi connectivity index (χ2v) is 6.34. The summed E-state index contributed by atoms with van der Waals surface area (Å²) in [7, 11) is 0. The van der Waals surface area contributed by atoms with Gasteiger partial charge in [0.1, 0.15) is 0 Å². The van der Waals surface area contributed by atoms with Crippen molar-refractivity contribution in [2.45, 2.75) is 24.3 Å². The van der Waals surface area contributed by atoms with Crippen molar-refractivity contribution in [2.24, 2.45) is 5.41 Å². The highest BCUT2D eigenvalue weighted by Crippen LogP contribution is 2.45. The van der Waals surface area contributed by atoms with Crippen molar-refractivity contribution in [3.05, 3.63) is 22.8 Å². The third-order valence-electron chi connectivity index (χ3n) is 2.98. The lowest BCUT2D eigenvalue weighted by Crippen LogP contribution is -2.33. The largest absolute Gasteiger partial charge is 0.249 e. The van der Waals surface area contributed by atoms with E-state index >= 15 is 0 Å². The molecule has 1 heterocycles. The lowest BCUT2D eigenvalue weighted by atomic mass is 9.72. The molecule has 82 valence electrons. The van der Waals surface area contributed by atoms with Crippen LogP contribution in [0, 0.1) is 5.41 Å². The fraction of sp³-hybridized carbons (Fsp3) is 0.545. The maximum atomic E-state index is 4.45. The monoisotopic (exact) mass is 303 g/mol. The van der Waals surface area contributed by atoms with Gasteiger partial charge >= 0.3 is 0 Å². The SMILES string of the molecule is SCC1(CSc2ccc(Br)cn2)CCC1. The first kappa shape index (κ1) is 11.8. The van der Waals surface area contributed by atoms with E-state index in [4.69, 9.17) is 0 Å². The molecule has 1 aromatic heterocycles. The summed E-state index contributed by atoms with van der Waals surface area (Å²) in [6.45, 7) is 0. The zero-order valence-electron chi connectivity index (χ0n) is 8.45. The number of aromatic nitrogens is 1. The Balaban J connectivity index is 1.90. The van der Waals surface area contributed by atoms with Crippen LogP contribution in [0.2, 0.25) is 0 Å². The number of thioether (sulfide) groups is 1. The molecule has 0 radical (unpaired) electrons. The molecule has 0 spiro atoms. The third-order valence-corrected chi connectivity index (χ3v) is 5.41. The Morgan fingerprint density at radius 2 is 2.27 bits per heavy atom. The van der Waals surface area contributed by atoms with Crippen LogP contribution in [0.1, 0.15) is 19.3 Å². The van der Waals surface area contributed by atoms with Gasteiger partial charge in [0, 0.05) is 16.4 Å². The molecule has 0 bridgehead atoms. The van der Waals surface area contributed by atoms with Crippen LogP contribution in [0.15, 0.2) is 27.8 Å². The summed E-state index contributed by atoms with van der Waals surface area (Å²) in [5.41, 5.74) is 0.489. The van der Waals surface area contributed by atoms with Crippen LogP contribution in [0.25, 0.3) is 0 Å². The highest BCUT2D eigenvalue weighted by molar-refractivity contribution is 9.10. The second-order valence-electron chi connectivity index (χ2n) is 4.11. The van der Waals surface area contributed by atoms with Gasteiger partial charge in [0.25, 0.3) is 0 Å². The lowest BCUT2D eigenvalue weighted by molar-refractivity contribution is 0.205. The molecule has 0 aromatic carbocycles. The molecular weight excluding hydrogens is 290 g/mol. The first-order valence-electron chi connectivity index (χ1n) is 5.09. The number of nitrogens with zero attached hydrogens (tertiary/aromatic N) is 1. The minimum absolute atomic E-state index is 0.489. The Bertz CT molecular complexity index is 316. The van der Waals surface area contributed by atoms with Crippen molar-refractivity contribution in [3.8, 4) is 0 Å². The van der Waals surface area contributed by atoms with Gasteiger partial charge in [0.2, 0.25) is 0 Å². The van der Waals surface area contributed by atoms with E-state index in [1.54, 1.807) is 0 Å². The van der Waals surface area contributed by atoms with E-state index in [9.17, 15) is 0 Å². The molecule has 1 nitrogen and oxygen atoms in total. The van der Waals surface area contributed by atoms with Crippen molar-refractivity contribution < 1.29 is 0 Å². The summed E-state index contributed by atoms with van der Waals surface area (Å²) in [6, 6.07) is 4.11. The lowest BCUT2D eigenvalue weighted by Gasteiger charge is -2.40. The number of hydrogen-bond acceptors (Lipinski definition) is 3. The quantitative estimate of drug-likeness (QED) is 0.666. The van der Waals surface area contributed by atoms with Gasteiger partial charge in [0.05, 0.1) is 5.03 Å². The molecule has 1 saturated carbocycles. The van der Waals surface area contributed by atoms with E-state index in [1.807, 2.05) is 24.0 Å². The second kappa shape index (κ2) is 5.11. The zero-order valence-corrected chi connectivity index (χ0v) is 11.7. The molecule has 1 aliphatic carbocycles. The summed E-state index contributed by atoms with van der Waals surface area (Å²) in [4.78, 5) is 4.37. The summed E-state index contributed by atoms with van der Waals surface area (Å²) in [5.74, 6) is 2.17. The topological polar surface area (TPSA) is 12.9 Å². The number of pyridine rings is 1. The zero-order chi connectivity index (χ0) is 10.7. The molecule has 0 N–H and O–H groups in total. The van der Waals surface area contributed by atoms with Crippen molar-refractivity contribution >= 4 is 40.3 Å². The molecule has 1 fully saturated rings. The molecule has 1 aliphatic rings. The maximum absolute atomic E-state index is 4.45. The fourth-order valence-electron chi connectivity index (χ4n) is 1.70. The number of halogens is 1. The van der Waals surface area contributed by atoms with Crippen molar-refractivity contribution in [3.63, 3.8) is 0 Å². The van der Waals surface area contributed by atoms with Crippen LogP contribution in [-0.2, 0) is 0 Å². The van der Waals surface area contributed by atoms with E-state index in [0.717, 1.165) is 21.0 Å². The van der Waals surface area contributed by atoms with Gasteiger partial charge in [-0.05, 0) is 52.1 Å². The molecule has 2 rings (SSSR count). The number of rotatable bonds is 4. The van der Waals surface area contributed by atoms with Crippen LogP contribution in [0.5, 0.6) is 0 Å². The molecule has 0 atom stereocenters.